The lowest BCUT2D eigenvalue weighted by Gasteiger charge is -2.14. The Labute approximate surface area is 172 Å². The van der Waals surface area contributed by atoms with Crippen LogP contribution in [0.5, 0.6) is 5.75 Å². The molecule has 0 saturated heterocycles. The maximum absolute atomic E-state index is 13.0. The SMILES string of the molecule is COc1ccc2cnn(C)c2c1NS(=O)(=O)c1ccc(-n2cc(C)n(C)c2=O)nc1. The maximum Gasteiger partial charge on any atom is 0.333 e. The van der Waals surface area contributed by atoms with E-state index in [9.17, 15) is 13.2 Å². The van der Waals surface area contributed by atoms with E-state index in [1.807, 2.05) is 0 Å². The number of rotatable bonds is 5. The summed E-state index contributed by atoms with van der Waals surface area (Å²) in [6.07, 6.45) is 4.50. The molecule has 11 heteroatoms. The zero-order valence-electron chi connectivity index (χ0n) is 16.8. The lowest BCUT2D eigenvalue weighted by Crippen LogP contribution is -2.22. The molecule has 10 nitrogen and oxygen atoms in total. The molecule has 0 saturated carbocycles. The first-order chi connectivity index (χ1) is 14.2. The number of methoxy groups -OCH3 is 1. The molecule has 0 aliphatic heterocycles. The molecule has 4 aromatic rings. The molecule has 1 N–H and O–H groups in total. The summed E-state index contributed by atoms with van der Waals surface area (Å²) in [6, 6.07) is 6.36. The minimum absolute atomic E-state index is 0.0480. The number of pyridine rings is 1. The van der Waals surface area contributed by atoms with Gasteiger partial charge in [0, 0.05) is 37.6 Å². The zero-order valence-corrected chi connectivity index (χ0v) is 17.6. The second kappa shape index (κ2) is 7.02. The largest absolute Gasteiger partial charge is 0.494 e. The third-order valence-electron chi connectivity index (χ3n) is 4.94. The third kappa shape index (κ3) is 3.12. The molecule has 0 aliphatic rings. The Hall–Kier alpha value is -3.60. The van der Waals surface area contributed by atoms with E-state index in [-0.39, 0.29) is 16.3 Å². The van der Waals surface area contributed by atoms with Crippen molar-refractivity contribution in [2.75, 3.05) is 11.8 Å². The summed E-state index contributed by atoms with van der Waals surface area (Å²) in [5.41, 5.74) is 1.38. The van der Waals surface area contributed by atoms with Crippen molar-refractivity contribution in [1.29, 1.82) is 0 Å². The van der Waals surface area contributed by atoms with Gasteiger partial charge in [0.15, 0.2) is 0 Å². The van der Waals surface area contributed by atoms with Gasteiger partial charge in [0.05, 0.1) is 18.8 Å². The zero-order chi connectivity index (χ0) is 21.6. The fraction of sp³-hybridized carbons (Fsp3) is 0.211. The molecule has 0 aliphatic carbocycles. The summed E-state index contributed by atoms with van der Waals surface area (Å²) >= 11 is 0. The van der Waals surface area contributed by atoms with Gasteiger partial charge in [-0.3, -0.25) is 18.5 Å². The first-order valence-electron chi connectivity index (χ1n) is 8.96. The number of nitrogens with one attached hydrogen (secondary N) is 1. The second-order valence-corrected chi connectivity index (χ2v) is 8.47. The van der Waals surface area contributed by atoms with Crippen molar-refractivity contribution in [3.63, 3.8) is 0 Å². The van der Waals surface area contributed by atoms with Crippen LogP contribution in [0.4, 0.5) is 5.69 Å². The van der Waals surface area contributed by atoms with E-state index < -0.39 is 10.0 Å². The molecule has 0 spiro atoms. The molecular formula is C19H20N6O4S. The first-order valence-corrected chi connectivity index (χ1v) is 10.4. The molecular weight excluding hydrogens is 408 g/mol. The standard InChI is InChI=1S/C19H20N6O4S/c1-12-11-25(19(26)23(12)2)16-8-6-14(10-20-16)30(27,28)22-17-15(29-4)7-5-13-9-21-24(3)18(13)17/h5-11,22H,1-4H3. The van der Waals surface area contributed by atoms with Crippen LogP contribution in [-0.4, -0.2) is 39.4 Å². The highest BCUT2D eigenvalue weighted by molar-refractivity contribution is 7.92. The Bertz CT molecular complexity index is 1410. The van der Waals surface area contributed by atoms with Crippen LogP contribution in [0.15, 0.2) is 52.5 Å². The Kier molecular flexibility index (Phi) is 4.61. The number of aryl methyl sites for hydroxylation is 2. The first kappa shape index (κ1) is 19.7. The van der Waals surface area contributed by atoms with Crippen molar-refractivity contribution in [3.05, 3.63) is 59.0 Å². The molecule has 3 heterocycles. The van der Waals surface area contributed by atoms with Gasteiger partial charge in [0.2, 0.25) is 0 Å². The average molecular weight is 428 g/mol. The van der Waals surface area contributed by atoms with Gasteiger partial charge in [-0.25, -0.2) is 18.2 Å². The summed E-state index contributed by atoms with van der Waals surface area (Å²) in [5, 5.41) is 4.94. The van der Waals surface area contributed by atoms with Gasteiger partial charge in [-0.05, 0) is 31.2 Å². The lowest BCUT2D eigenvalue weighted by molar-refractivity contribution is 0.417. The highest BCUT2D eigenvalue weighted by atomic mass is 32.2. The Morgan fingerprint density at radius 2 is 1.87 bits per heavy atom. The monoisotopic (exact) mass is 428 g/mol. The van der Waals surface area contributed by atoms with Crippen molar-refractivity contribution in [1.82, 2.24) is 23.9 Å². The summed E-state index contributed by atoms with van der Waals surface area (Å²) in [7, 11) is 0.867. The van der Waals surface area contributed by atoms with Gasteiger partial charge in [0.1, 0.15) is 22.2 Å². The van der Waals surface area contributed by atoms with Gasteiger partial charge in [-0.15, -0.1) is 0 Å². The average Bonchev–Trinajstić information content (AvgIpc) is 3.23. The van der Waals surface area contributed by atoms with Crippen LogP contribution in [0.3, 0.4) is 0 Å². The van der Waals surface area contributed by atoms with E-state index in [4.69, 9.17) is 4.74 Å². The van der Waals surface area contributed by atoms with Crippen molar-refractivity contribution >= 4 is 26.6 Å². The Morgan fingerprint density at radius 1 is 1.10 bits per heavy atom. The van der Waals surface area contributed by atoms with Gasteiger partial charge in [-0.2, -0.15) is 5.10 Å². The molecule has 0 bridgehead atoms. The summed E-state index contributed by atoms with van der Waals surface area (Å²) in [6.45, 7) is 1.80. The maximum atomic E-state index is 13.0. The number of aromatic nitrogens is 5. The quantitative estimate of drug-likeness (QED) is 0.516. The number of imidazole rings is 1. The molecule has 0 unspecified atom stereocenters. The topological polar surface area (TPSA) is 113 Å². The second-order valence-electron chi connectivity index (χ2n) is 6.79. The fourth-order valence-corrected chi connectivity index (χ4v) is 4.21. The van der Waals surface area contributed by atoms with E-state index in [0.29, 0.717) is 17.1 Å². The highest BCUT2D eigenvalue weighted by Gasteiger charge is 2.21. The lowest BCUT2D eigenvalue weighted by atomic mass is 10.2. The van der Waals surface area contributed by atoms with Gasteiger partial charge in [-0.1, -0.05) is 0 Å². The van der Waals surface area contributed by atoms with Crippen LogP contribution in [0.25, 0.3) is 16.7 Å². The molecule has 0 radical (unpaired) electrons. The molecule has 1 aromatic carbocycles. The summed E-state index contributed by atoms with van der Waals surface area (Å²) in [5.74, 6) is 0.694. The number of sulfonamides is 1. The Morgan fingerprint density at radius 3 is 2.47 bits per heavy atom. The predicted molar refractivity (Wildman–Crippen MR) is 112 cm³/mol. The van der Waals surface area contributed by atoms with Crippen molar-refractivity contribution < 1.29 is 13.2 Å². The van der Waals surface area contributed by atoms with E-state index in [2.05, 4.69) is 14.8 Å². The molecule has 0 fully saturated rings. The molecule has 0 atom stereocenters. The molecule has 156 valence electrons. The van der Waals surface area contributed by atoms with Gasteiger partial charge < -0.3 is 4.74 Å². The number of fused-ring (bicyclic) bond motifs is 1. The number of hydrogen-bond donors (Lipinski definition) is 1. The van der Waals surface area contributed by atoms with E-state index >= 15 is 0 Å². The smallest absolute Gasteiger partial charge is 0.333 e. The number of hydrogen-bond acceptors (Lipinski definition) is 6. The van der Waals surface area contributed by atoms with Crippen LogP contribution in [0.1, 0.15) is 5.69 Å². The molecule has 3 aromatic heterocycles. The van der Waals surface area contributed by atoms with Crippen molar-refractivity contribution in [3.8, 4) is 11.6 Å². The van der Waals surface area contributed by atoms with Crippen molar-refractivity contribution in [2.24, 2.45) is 14.1 Å². The van der Waals surface area contributed by atoms with Crippen LogP contribution in [0, 0.1) is 6.92 Å². The highest BCUT2D eigenvalue weighted by Crippen LogP contribution is 2.34. The molecule has 4 rings (SSSR count). The molecule has 30 heavy (non-hydrogen) atoms. The number of benzene rings is 1. The van der Waals surface area contributed by atoms with Gasteiger partial charge >= 0.3 is 5.69 Å². The third-order valence-corrected chi connectivity index (χ3v) is 6.27. The van der Waals surface area contributed by atoms with Gasteiger partial charge in [0.25, 0.3) is 10.0 Å². The van der Waals surface area contributed by atoms with Crippen LogP contribution in [0.2, 0.25) is 0 Å². The number of anilines is 1. The van der Waals surface area contributed by atoms with Crippen LogP contribution >= 0.6 is 0 Å². The molecule has 0 amide bonds. The van der Waals surface area contributed by atoms with E-state index in [1.54, 1.807) is 50.2 Å². The fourth-order valence-electron chi connectivity index (χ4n) is 3.19. The van der Waals surface area contributed by atoms with Crippen LogP contribution < -0.4 is 15.1 Å². The minimum Gasteiger partial charge on any atom is -0.494 e. The number of ether oxygens (including phenoxy) is 1. The van der Waals surface area contributed by atoms with E-state index in [0.717, 1.165) is 11.1 Å². The summed E-state index contributed by atoms with van der Waals surface area (Å²) < 4.78 is 38.4. The summed E-state index contributed by atoms with van der Waals surface area (Å²) in [4.78, 5) is 16.4. The predicted octanol–water partition coefficient (Wildman–Crippen LogP) is 1.58. The normalized spacial score (nSPS) is 11.7. The Balaban J connectivity index is 1.73. The number of nitrogens with zero attached hydrogens (tertiary/aromatic N) is 5. The van der Waals surface area contributed by atoms with Crippen molar-refractivity contribution in [2.45, 2.75) is 11.8 Å². The van der Waals surface area contributed by atoms with E-state index in [1.165, 1.54) is 34.6 Å². The minimum atomic E-state index is -3.97. The van der Waals surface area contributed by atoms with Crippen LogP contribution in [-0.2, 0) is 24.1 Å².